The summed E-state index contributed by atoms with van der Waals surface area (Å²) in [5.41, 5.74) is 2.19. The Balaban J connectivity index is 1.65. The van der Waals surface area contributed by atoms with Gasteiger partial charge < -0.3 is 4.74 Å². The number of carbonyl (C=O) groups excluding carboxylic acids is 1. The average molecular weight is 478 g/mol. The first-order chi connectivity index (χ1) is 15.5. The summed E-state index contributed by atoms with van der Waals surface area (Å²) in [5, 5.41) is 0. The van der Waals surface area contributed by atoms with E-state index in [1.54, 1.807) is 30.3 Å². The number of benzene rings is 2. The van der Waals surface area contributed by atoms with Gasteiger partial charge in [0.1, 0.15) is 0 Å². The Bertz CT molecular complexity index is 1240. The Kier molecular flexibility index (Phi) is 5.96. The Morgan fingerprint density at radius 3 is 2.27 bits per heavy atom. The van der Waals surface area contributed by atoms with Crippen LogP contribution in [-0.2, 0) is 25.7 Å². The summed E-state index contributed by atoms with van der Waals surface area (Å²) in [6.45, 7) is 2.23. The van der Waals surface area contributed by atoms with Gasteiger partial charge in [-0.05, 0) is 66.3 Å². The van der Waals surface area contributed by atoms with Gasteiger partial charge in [-0.3, -0.25) is 0 Å². The lowest BCUT2D eigenvalue weighted by Gasteiger charge is -2.22. The first-order valence-electron chi connectivity index (χ1n) is 10.3. The van der Waals surface area contributed by atoms with E-state index in [1.807, 2.05) is 6.92 Å². The van der Waals surface area contributed by atoms with Crippen LogP contribution in [0.5, 0.6) is 0 Å². The molecule has 0 radical (unpaired) electrons. The molecule has 1 fully saturated rings. The summed E-state index contributed by atoms with van der Waals surface area (Å²) in [4.78, 5) is 12.7. The lowest BCUT2D eigenvalue weighted by molar-refractivity contribution is -0.138. The van der Waals surface area contributed by atoms with E-state index in [1.165, 1.54) is 23.5 Å². The highest BCUT2D eigenvalue weighted by molar-refractivity contribution is 7.89. The molecule has 0 spiro atoms. The number of methoxy groups -OCH3 is 1. The summed E-state index contributed by atoms with van der Waals surface area (Å²) in [6, 6.07) is 11.2. The molecular weight excluding hydrogens is 455 g/mol. The smallest absolute Gasteiger partial charge is 0.416 e. The molecule has 0 aromatic heterocycles. The Hall–Kier alpha value is -2.91. The lowest BCUT2D eigenvalue weighted by atomic mass is 9.82. The van der Waals surface area contributed by atoms with Gasteiger partial charge in [0.25, 0.3) is 0 Å². The second-order valence-electron chi connectivity index (χ2n) is 8.19. The number of hydrogen-bond acceptors (Lipinski definition) is 4. The molecule has 2 aliphatic rings. The molecule has 0 bridgehead atoms. The van der Waals surface area contributed by atoms with Crippen molar-refractivity contribution in [1.29, 1.82) is 0 Å². The van der Waals surface area contributed by atoms with Crippen LogP contribution in [0.2, 0.25) is 0 Å². The van der Waals surface area contributed by atoms with E-state index >= 15 is 0 Å². The summed E-state index contributed by atoms with van der Waals surface area (Å²) < 4.78 is 71.4. The molecule has 1 heterocycles. The van der Waals surface area contributed by atoms with E-state index in [0.29, 0.717) is 17.6 Å². The summed E-state index contributed by atoms with van der Waals surface area (Å²) in [7, 11) is -2.50. The van der Waals surface area contributed by atoms with Crippen LogP contribution in [0, 0.1) is 12.8 Å². The van der Waals surface area contributed by atoms with Crippen molar-refractivity contribution in [2.75, 3.05) is 20.2 Å². The molecule has 33 heavy (non-hydrogen) atoms. The van der Waals surface area contributed by atoms with Crippen LogP contribution in [0.15, 0.2) is 70.6 Å². The number of rotatable bonds is 4. The van der Waals surface area contributed by atoms with Crippen molar-refractivity contribution in [3.63, 3.8) is 0 Å². The van der Waals surface area contributed by atoms with Crippen LogP contribution in [0.3, 0.4) is 0 Å². The van der Waals surface area contributed by atoms with Crippen LogP contribution in [0.25, 0.3) is 5.57 Å². The van der Waals surface area contributed by atoms with Gasteiger partial charge in [-0.25, -0.2) is 13.2 Å². The van der Waals surface area contributed by atoms with Gasteiger partial charge in [0.15, 0.2) is 0 Å². The minimum absolute atomic E-state index is 0.141. The van der Waals surface area contributed by atoms with Gasteiger partial charge in [-0.1, -0.05) is 29.8 Å². The number of ether oxygens (including phenoxy) is 1. The number of alkyl halides is 3. The fraction of sp³-hybridized carbons (Fsp3) is 0.292. The molecule has 0 saturated carbocycles. The normalized spacial score (nSPS) is 19.3. The molecule has 0 amide bonds. The molecule has 1 saturated heterocycles. The molecule has 1 aliphatic heterocycles. The van der Waals surface area contributed by atoms with Gasteiger partial charge in [0.05, 0.1) is 23.1 Å². The number of nitrogens with zero attached hydrogens (tertiary/aromatic N) is 1. The lowest BCUT2D eigenvalue weighted by Crippen LogP contribution is -2.29. The number of allylic oxidation sites excluding steroid dienone is 1. The van der Waals surface area contributed by atoms with E-state index in [4.69, 9.17) is 4.74 Å². The van der Waals surface area contributed by atoms with Crippen LogP contribution < -0.4 is 0 Å². The third-order valence-electron chi connectivity index (χ3n) is 6.04. The van der Waals surface area contributed by atoms with E-state index in [9.17, 15) is 26.4 Å². The maximum atomic E-state index is 13.1. The quantitative estimate of drug-likeness (QED) is 0.605. The maximum absolute atomic E-state index is 13.1. The van der Waals surface area contributed by atoms with Crippen molar-refractivity contribution < 1.29 is 31.1 Å². The molecule has 1 aliphatic carbocycles. The summed E-state index contributed by atoms with van der Waals surface area (Å²) in [6.07, 6.45) is -2.52. The van der Waals surface area contributed by atoms with Gasteiger partial charge in [0, 0.05) is 13.1 Å². The largest absolute Gasteiger partial charge is 0.465 e. The first kappa shape index (κ1) is 23.3. The van der Waals surface area contributed by atoms with Gasteiger partial charge in [-0.2, -0.15) is 17.5 Å². The minimum atomic E-state index is -4.46. The van der Waals surface area contributed by atoms with Gasteiger partial charge in [0.2, 0.25) is 10.0 Å². The molecule has 174 valence electrons. The number of halogens is 3. The highest BCUT2D eigenvalue weighted by Crippen LogP contribution is 2.41. The predicted molar refractivity (Wildman–Crippen MR) is 117 cm³/mol. The third kappa shape index (κ3) is 4.47. The van der Waals surface area contributed by atoms with E-state index in [0.717, 1.165) is 23.3 Å². The molecule has 1 atom stereocenters. The minimum Gasteiger partial charge on any atom is -0.465 e. The van der Waals surface area contributed by atoms with E-state index in [2.05, 4.69) is 0 Å². The van der Waals surface area contributed by atoms with Gasteiger partial charge in [-0.15, -0.1) is 0 Å². The zero-order valence-electron chi connectivity index (χ0n) is 18.0. The second-order valence-corrected chi connectivity index (χ2v) is 10.1. The molecule has 0 N–H and O–H groups in total. The standard InChI is InChI=1S/C24H22F3NO4S/c1-15-3-9-20(10-4-15)33(30,31)28-13-17-11-21(22(23(29)32-2)12-18(17)14-28)16-5-7-19(8-6-16)24(25,26)27/h3-10,12,17H,11,13-14H2,1-2H3/t17-/m1/s1. The summed E-state index contributed by atoms with van der Waals surface area (Å²) >= 11 is 0. The van der Waals surface area contributed by atoms with Crippen molar-refractivity contribution >= 4 is 21.6 Å². The number of sulfonamides is 1. The Morgan fingerprint density at radius 2 is 1.70 bits per heavy atom. The van der Waals surface area contributed by atoms with Crippen molar-refractivity contribution in [2.45, 2.75) is 24.4 Å². The Labute approximate surface area is 190 Å². The molecule has 4 rings (SSSR count). The molecule has 2 aromatic rings. The molecule has 9 heteroatoms. The van der Waals surface area contributed by atoms with Crippen molar-refractivity contribution in [3.8, 4) is 0 Å². The van der Waals surface area contributed by atoms with Crippen LogP contribution in [0.4, 0.5) is 13.2 Å². The Morgan fingerprint density at radius 1 is 1.06 bits per heavy atom. The second kappa shape index (κ2) is 8.46. The number of hydrogen-bond donors (Lipinski definition) is 0. The van der Waals surface area contributed by atoms with Gasteiger partial charge >= 0.3 is 12.1 Å². The SMILES string of the molecule is COC(=O)C1=C(c2ccc(C(F)(F)F)cc2)C[C@@H]2CN(S(=O)(=O)c3ccc(C)cc3)CC2=C1. The van der Waals surface area contributed by atoms with Crippen LogP contribution in [0.1, 0.15) is 23.1 Å². The number of aryl methyl sites for hydroxylation is 1. The molecule has 2 aromatic carbocycles. The van der Waals surface area contributed by atoms with E-state index in [-0.39, 0.29) is 29.5 Å². The third-order valence-corrected chi connectivity index (χ3v) is 7.86. The predicted octanol–water partition coefficient (Wildman–Crippen LogP) is 4.59. The van der Waals surface area contributed by atoms with Crippen molar-refractivity contribution in [3.05, 3.63) is 82.4 Å². The van der Waals surface area contributed by atoms with Crippen LogP contribution in [-0.4, -0.2) is 38.9 Å². The summed E-state index contributed by atoms with van der Waals surface area (Å²) in [5.74, 6) is -0.799. The van der Waals surface area contributed by atoms with Crippen molar-refractivity contribution in [2.24, 2.45) is 5.92 Å². The molecule has 0 unspecified atom stereocenters. The first-order valence-corrected chi connectivity index (χ1v) is 11.7. The monoisotopic (exact) mass is 477 g/mol. The molecule has 5 nitrogen and oxygen atoms in total. The average Bonchev–Trinajstić information content (AvgIpc) is 3.21. The maximum Gasteiger partial charge on any atom is 0.416 e. The van der Waals surface area contributed by atoms with Crippen LogP contribution >= 0.6 is 0 Å². The zero-order chi connectivity index (χ0) is 24.0. The zero-order valence-corrected chi connectivity index (χ0v) is 18.8. The number of fused-ring (bicyclic) bond motifs is 1. The fourth-order valence-corrected chi connectivity index (χ4v) is 5.69. The number of carbonyl (C=O) groups is 1. The fourth-order valence-electron chi connectivity index (χ4n) is 4.22. The highest BCUT2D eigenvalue weighted by atomic mass is 32.2. The van der Waals surface area contributed by atoms with Crippen molar-refractivity contribution in [1.82, 2.24) is 4.31 Å². The number of esters is 1. The van der Waals surface area contributed by atoms with E-state index < -0.39 is 27.7 Å². The topological polar surface area (TPSA) is 63.7 Å². The molecular formula is C24H22F3NO4S. The highest BCUT2D eigenvalue weighted by Gasteiger charge is 2.39.